The van der Waals surface area contributed by atoms with Crippen LogP contribution in [-0.4, -0.2) is 71.6 Å². The van der Waals surface area contributed by atoms with Gasteiger partial charge in [0.1, 0.15) is 0 Å². The van der Waals surface area contributed by atoms with E-state index in [0.717, 1.165) is 25.3 Å². The van der Waals surface area contributed by atoms with E-state index in [1.807, 2.05) is 35.2 Å². The highest BCUT2D eigenvalue weighted by Gasteiger charge is 2.35. The summed E-state index contributed by atoms with van der Waals surface area (Å²) in [6.07, 6.45) is 3.19. The van der Waals surface area contributed by atoms with Crippen LogP contribution in [0.25, 0.3) is 0 Å². The van der Waals surface area contributed by atoms with Crippen LogP contribution in [0, 0.1) is 5.92 Å². The number of benzene rings is 1. The molecule has 2 aliphatic rings. The monoisotopic (exact) mass is 353 g/mol. The first-order chi connectivity index (χ1) is 12.7. The lowest BCUT2D eigenvalue weighted by Gasteiger charge is -2.29. The number of para-hydroxylation sites is 1. The minimum absolute atomic E-state index is 0.0212. The highest BCUT2D eigenvalue weighted by atomic mass is 16.5. The van der Waals surface area contributed by atoms with Gasteiger partial charge >= 0.3 is 0 Å². The van der Waals surface area contributed by atoms with Crippen molar-refractivity contribution in [3.63, 3.8) is 0 Å². The molecule has 0 unspecified atom stereocenters. The van der Waals surface area contributed by atoms with E-state index in [2.05, 4.69) is 27.2 Å². The molecule has 2 bridgehead atoms. The van der Waals surface area contributed by atoms with Crippen LogP contribution in [0.4, 0.5) is 11.6 Å². The number of fused-ring (bicyclic) bond motifs is 3. The number of carbonyl (C=O) groups excluding carboxylic acids is 1. The first-order valence-corrected chi connectivity index (χ1v) is 8.90. The van der Waals surface area contributed by atoms with Crippen LogP contribution in [0.1, 0.15) is 10.4 Å². The number of ether oxygens (including phenoxy) is 1. The van der Waals surface area contributed by atoms with Crippen molar-refractivity contribution in [1.82, 2.24) is 19.8 Å². The summed E-state index contributed by atoms with van der Waals surface area (Å²) in [5.74, 6) is 0.800. The number of anilines is 2. The molecule has 1 aromatic carbocycles. The van der Waals surface area contributed by atoms with Gasteiger partial charge in [0.2, 0.25) is 5.95 Å². The summed E-state index contributed by atoms with van der Waals surface area (Å²) in [5, 5.41) is 3.13. The van der Waals surface area contributed by atoms with Crippen LogP contribution >= 0.6 is 0 Å². The smallest absolute Gasteiger partial charge is 0.257 e. The second kappa shape index (κ2) is 7.39. The molecule has 2 aromatic rings. The molecule has 136 valence electrons. The zero-order valence-electron chi connectivity index (χ0n) is 14.8. The van der Waals surface area contributed by atoms with E-state index in [4.69, 9.17) is 4.74 Å². The molecule has 2 saturated heterocycles. The molecule has 4 rings (SSSR count). The number of rotatable bonds is 3. The predicted molar refractivity (Wildman–Crippen MR) is 98.4 cm³/mol. The normalized spacial score (nSPS) is 23.3. The lowest BCUT2D eigenvalue weighted by molar-refractivity contribution is 0.0483. The molecule has 7 heteroatoms. The standard InChI is InChI=1S/C19H23N5O2/c1-23-9-14-10-24(17(11-23)13-26-12-14)18(25)15-7-20-19(21-8-15)22-16-5-3-2-4-6-16/h2-8,14,17H,9-13H2,1H3,(H,20,21,22)/t14-,17-/m0/s1. The Balaban J connectivity index is 1.49. The third kappa shape index (κ3) is 3.68. The summed E-state index contributed by atoms with van der Waals surface area (Å²) in [5.41, 5.74) is 1.42. The lowest BCUT2D eigenvalue weighted by atomic mass is 10.1. The molecule has 0 radical (unpaired) electrons. The zero-order valence-corrected chi connectivity index (χ0v) is 14.8. The van der Waals surface area contributed by atoms with E-state index in [1.165, 1.54) is 0 Å². The number of amides is 1. The van der Waals surface area contributed by atoms with Crippen LogP contribution in [0.15, 0.2) is 42.7 Å². The maximum absolute atomic E-state index is 13.0. The SMILES string of the molecule is CN1C[C@@H]2COC[C@H](C1)N(C(=O)c1cnc(Nc3ccccc3)nc1)C2. The van der Waals surface area contributed by atoms with Crippen molar-refractivity contribution >= 4 is 17.5 Å². The van der Waals surface area contributed by atoms with Crippen LogP contribution < -0.4 is 5.32 Å². The van der Waals surface area contributed by atoms with Crippen molar-refractivity contribution in [3.05, 3.63) is 48.3 Å². The first kappa shape index (κ1) is 16.9. The van der Waals surface area contributed by atoms with Gasteiger partial charge in [0.15, 0.2) is 0 Å². The summed E-state index contributed by atoms with van der Waals surface area (Å²) >= 11 is 0. The minimum atomic E-state index is -0.0212. The summed E-state index contributed by atoms with van der Waals surface area (Å²) in [4.78, 5) is 25.8. The van der Waals surface area contributed by atoms with Crippen molar-refractivity contribution in [2.75, 3.05) is 45.2 Å². The van der Waals surface area contributed by atoms with Crippen molar-refractivity contribution in [2.45, 2.75) is 6.04 Å². The molecule has 26 heavy (non-hydrogen) atoms. The molecule has 0 spiro atoms. The molecule has 1 amide bonds. The van der Waals surface area contributed by atoms with E-state index in [0.29, 0.717) is 30.6 Å². The second-order valence-corrected chi connectivity index (χ2v) is 7.02. The highest BCUT2D eigenvalue weighted by molar-refractivity contribution is 5.94. The maximum atomic E-state index is 13.0. The van der Waals surface area contributed by atoms with Crippen LogP contribution in [0.3, 0.4) is 0 Å². The summed E-state index contributed by atoms with van der Waals surface area (Å²) in [6, 6.07) is 9.79. The van der Waals surface area contributed by atoms with Gasteiger partial charge in [-0.3, -0.25) is 4.79 Å². The number of aromatic nitrogens is 2. The predicted octanol–water partition coefficient (Wildman–Crippen LogP) is 1.62. The molecule has 0 aliphatic carbocycles. The van der Waals surface area contributed by atoms with Gasteiger partial charge in [-0.05, 0) is 19.2 Å². The molecule has 7 nitrogen and oxygen atoms in total. The Hall–Kier alpha value is -2.51. The molecular formula is C19H23N5O2. The quantitative estimate of drug-likeness (QED) is 0.904. The molecule has 0 saturated carbocycles. The molecule has 2 fully saturated rings. The Kier molecular flexibility index (Phi) is 4.81. The fourth-order valence-corrected chi connectivity index (χ4v) is 3.65. The molecular weight excluding hydrogens is 330 g/mol. The van der Waals surface area contributed by atoms with Gasteiger partial charge in [-0.2, -0.15) is 0 Å². The third-order valence-electron chi connectivity index (χ3n) is 4.84. The Labute approximate surface area is 153 Å². The Morgan fingerprint density at radius 3 is 2.65 bits per heavy atom. The number of hydrogen-bond acceptors (Lipinski definition) is 6. The van der Waals surface area contributed by atoms with Gasteiger partial charge in [-0.25, -0.2) is 9.97 Å². The van der Waals surface area contributed by atoms with Crippen molar-refractivity contribution < 1.29 is 9.53 Å². The van der Waals surface area contributed by atoms with E-state index in [-0.39, 0.29) is 11.9 Å². The lowest BCUT2D eigenvalue weighted by Crippen LogP contribution is -2.46. The third-order valence-corrected chi connectivity index (χ3v) is 4.84. The van der Waals surface area contributed by atoms with Crippen LogP contribution in [0.2, 0.25) is 0 Å². The van der Waals surface area contributed by atoms with E-state index in [9.17, 15) is 4.79 Å². The Bertz CT molecular complexity index is 752. The largest absolute Gasteiger partial charge is 0.379 e. The Morgan fingerprint density at radius 2 is 1.88 bits per heavy atom. The zero-order chi connectivity index (χ0) is 17.9. The summed E-state index contributed by atoms with van der Waals surface area (Å²) < 4.78 is 5.75. The van der Waals surface area contributed by atoms with Gasteiger partial charge in [-0.1, -0.05) is 18.2 Å². The van der Waals surface area contributed by atoms with Crippen LogP contribution in [0.5, 0.6) is 0 Å². The average molecular weight is 353 g/mol. The van der Waals surface area contributed by atoms with Gasteiger partial charge < -0.3 is 19.9 Å². The van der Waals surface area contributed by atoms with Gasteiger partial charge in [0.25, 0.3) is 5.91 Å². The summed E-state index contributed by atoms with van der Waals surface area (Å²) in [6.45, 7) is 3.80. The molecule has 2 aliphatic heterocycles. The van der Waals surface area contributed by atoms with E-state index < -0.39 is 0 Å². The topological polar surface area (TPSA) is 70.6 Å². The molecule has 1 aromatic heterocycles. The molecule has 1 N–H and O–H groups in total. The van der Waals surface area contributed by atoms with E-state index in [1.54, 1.807) is 12.4 Å². The van der Waals surface area contributed by atoms with Crippen molar-refractivity contribution in [1.29, 1.82) is 0 Å². The second-order valence-electron chi connectivity index (χ2n) is 7.02. The number of hydrogen-bond donors (Lipinski definition) is 1. The first-order valence-electron chi connectivity index (χ1n) is 8.90. The van der Waals surface area contributed by atoms with Crippen LogP contribution in [-0.2, 0) is 4.74 Å². The van der Waals surface area contributed by atoms with Gasteiger partial charge in [0.05, 0.1) is 24.8 Å². The van der Waals surface area contributed by atoms with Gasteiger partial charge in [0, 0.05) is 43.6 Å². The number of nitrogens with one attached hydrogen (secondary N) is 1. The molecule has 3 heterocycles. The van der Waals surface area contributed by atoms with E-state index >= 15 is 0 Å². The molecule has 2 atom stereocenters. The fourth-order valence-electron chi connectivity index (χ4n) is 3.65. The minimum Gasteiger partial charge on any atom is -0.379 e. The van der Waals surface area contributed by atoms with Crippen molar-refractivity contribution in [3.8, 4) is 0 Å². The Morgan fingerprint density at radius 1 is 1.12 bits per heavy atom. The maximum Gasteiger partial charge on any atom is 0.257 e. The summed E-state index contributed by atoms with van der Waals surface area (Å²) in [7, 11) is 2.10. The highest BCUT2D eigenvalue weighted by Crippen LogP contribution is 2.21. The van der Waals surface area contributed by atoms with Crippen molar-refractivity contribution in [2.24, 2.45) is 5.92 Å². The number of nitrogens with zero attached hydrogens (tertiary/aromatic N) is 4. The van der Waals surface area contributed by atoms with Gasteiger partial charge in [-0.15, -0.1) is 0 Å². The number of carbonyl (C=O) groups is 1. The average Bonchev–Trinajstić information content (AvgIpc) is 2.93. The fraction of sp³-hybridized carbons (Fsp3) is 0.421. The number of likely N-dealkylation sites (N-methyl/N-ethyl adjacent to an activating group) is 1.